The second-order valence-electron chi connectivity index (χ2n) is 4.59. The number of para-hydroxylation sites is 1. The highest BCUT2D eigenvalue weighted by atomic mass is 35.5. The van der Waals surface area contributed by atoms with Gasteiger partial charge >= 0.3 is 0 Å². The molecule has 1 heterocycles. The van der Waals surface area contributed by atoms with Crippen molar-refractivity contribution in [3.8, 4) is 0 Å². The Morgan fingerprint density at radius 3 is 2.94 bits per heavy atom. The molecule has 2 nitrogen and oxygen atoms in total. The van der Waals surface area contributed by atoms with Crippen LogP contribution in [0.25, 0.3) is 0 Å². The van der Waals surface area contributed by atoms with Gasteiger partial charge in [-0.25, -0.2) is 0 Å². The Bertz CT molecular complexity index is 405. The molecule has 0 radical (unpaired) electrons. The Balaban J connectivity index is 2.08. The molecule has 1 aromatic rings. The molecular formula is C14H18ClNO. The molecule has 1 aliphatic rings. The summed E-state index contributed by atoms with van der Waals surface area (Å²) in [5.74, 6) is 0.868. The lowest BCUT2D eigenvalue weighted by Crippen LogP contribution is -2.35. The SMILES string of the molecule is CC1Cc2ccccc2N1C(=O)CCCCCl. The van der Waals surface area contributed by atoms with Crippen molar-refractivity contribution >= 4 is 23.2 Å². The highest BCUT2D eigenvalue weighted by Gasteiger charge is 2.29. The van der Waals surface area contributed by atoms with Crippen LogP contribution < -0.4 is 4.90 Å². The van der Waals surface area contributed by atoms with Crippen LogP contribution in [0.15, 0.2) is 24.3 Å². The third-order valence-corrected chi connectivity index (χ3v) is 3.52. The van der Waals surface area contributed by atoms with Crippen molar-refractivity contribution in [2.24, 2.45) is 0 Å². The Morgan fingerprint density at radius 2 is 2.18 bits per heavy atom. The van der Waals surface area contributed by atoms with Crippen molar-refractivity contribution in [2.45, 2.75) is 38.6 Å². The predicted octanol–water partition coefficient (Wildman–Crippen LogP) is 3.37. The van der Waals surface area contributed by atoms with Crippen LogP contribution in [0.2, 0.25) is 0 Å². The summed E-state index contributed by atoms with van der Waals surface area (Å²) in [6, 6.07) is 8.47. The number of anilines is 1. The number of nitrogens with zero attached hydrogens (tertiary/aromatic N) is 1. The number of hydrogen-bond donors (Lipinski definition) is 0. The molecule has 0 saturated heterocycles. The van der Waals surface area contributed by atoms with E-state index in [0.29, 0.717) is 12.3 Å². The van der Waals surface area contributed by atoms with Crippen LogP contribution in [0.4, 0.5) is 5.69 Å². The van der Waals surface area contributed by atoms with E-state index >= 15 is 0 Å². The third kappa shape index (κ3) is 2.63. The van der Waals surface area contributed by atoms with Gasteiger partial charge in [-0.1, -0.05) is 18.2 Å². The Kier molecular flexibility index (Phi) is 4.06. The number of alkyl halides is 1. The van der Waals surface area contributed by atoms with Gasteiger partial charge in [-0.05, 0) is 37.8 Å². The first-order chi connectivity index (χ1) is 8.24. The van der Waals surface area contributed by atoms with Crippen molar-refractivity contribution in [3.05, 3.63) is 29.8 Å². The minimum atomic E-state index is 0.229. The molecule has 1 aliphatic heterocycles. The van der Waals surface area contributed by atoms with Crippen LogP contribution in [0.3, 0.4) is 0 Å². The molecule has 1 atom stereocenters. The van der Waals surface area contributed by atoms with Gasteiger partial charge in [0, 0.05) is 24.0 Å². The zero-order chi connectivity index (χ0) is 12.3. The molecule has 92 valence electrons. The smallest absolute Gasteiger partial charge is 0.227 e. The molecule has 1 amide bonds. The van der Waals surface area contributed by atoms with E-state index in [2.05, 4.69) is 13.0 Å². The minimum absolute atomic E-state index is 0.229. The number of unbranched alkanes of at least 4 members (excludes halogenated alkanes) is 1. The van der Waals surface area contributed by atoms with Crippen LogP contribution in [0.5, 0.6) is 0 Å². The molecule has 1 unspecified atom stereocenters. The van der Waals surface area contributed by atoms with Gasteiger partial charge in [0.25, 0.3) is 0 Å². The van der Waals surface area contributed by atoms with Crippen molar-refractivity contribution in [1.82, 2.24) is 0 Å². The number of carbonyl (C=O) groups is 1. The number of fused-ring (bicyclic) bond motifs is 1. The molecule has 0 aliphatic carbocycles. The molecule has 0 spiro atoms. The summed E-state index contributed by atoms with van der Waals surface area (Å²) in [5, 5.41) is 0. The first kappa shape index (κ1) is 12.4. The number of halogens is 1. The monoisotopic (exact) mass is 251 g/mol. The maximum absolute atomic E-state index is 12.2. The largest absolute Gasteiger partial charge is 0.309 e. The zero-order valence-corrected chi connectivity index (χ0v) is 10.9. The molecule has 17 heavy (non-hydrogen) atoms. The summed E-state index contributed by atoms with van der Waals surface area (Å²) in [6.45, 7) is 2.11. The van der Waals surface area contributed by atoms with Crippen molar-refractivity contribution in [1.29, 1.82) is 0 Å². The predicted molar refractivity (Wildman–Crippen MR) is 71.7 cm³/mol. The Hall–Kier alpha value is -1.02. The number of carbonyl (C=O) groups excluding carboxylic acids is 1. The molecule has 0 aromatic heterocycles. The Labute approximate surface area is 108 Å². The Morgan fingerprint density at radius 1 is 1.41 bits per heavy atom. The van der Waals surface area contributed by atoms with Crippen molar-refractivity contribution in [2.75, 3.05) is 10.8 Å². The number of amides is 1. The molecule has 0 N–H and O–H groups in total. The lowest BCUT2D eigenvalue weighted by Gasteiger charge is -2.22. The van der Waals surface area contributed by atoms with E-state index in [9.17, 15) is 4.79 Å². The van der Waals surface area contributed by atoms with Crippen LogP contribution in [-0.4, -0.2) is 17.8 Å². The first-order valence-corrected chi connectivity index (χ1v) is 6.73. The summed E-state index contributed by atoms with van der Waals surface area (Å²) >= 11 is 5.63. The quantitative estimate of drug-likeness (QED) is 0.594. The summed E-state index contributed by atoms with van der Waals surface area (Å²) in [6.07, 6.45) is 3.37. The maximum Gasteiger partial charge on any atom is 0.227 e. The van der Waals surface area contributed by atoms with Gasteiger partial charge in [-0.15, -0.1) is 11.6 Å². The number of rotatable bonds is 4. The van der Waals surface area contributed by atoms with Crippen LogP contribution in [-0.2, 0) is 11.2 Å². The summed E-state index contributed by atoms with van der Waals surface area (Å²) in [4.78, 5) is 14.1. The van der Waals surface area contributed by atoms with Crippen molar-refractivity contribution < 1.29 is 4.79 Å². The van der Waals surface area contributed by atoms with Gasteiger partial charge < -0.3 is 4.90 Å². The van der Waals surface area contributed by atoms with Gasteiger partial charge in [0.2, 0.25) is 5.91 Å². The maximum atomic E-state index is 12.2. The van der Waals surface area contributed by atoms with Gasteiger partial charge in [-0.2, -0.15) is 0 Å². The van der Waals surface area contributed by atoms with E-state index in [4.69, 9.17) is 11.6 Å². The minimum Gasteiger partial charge on any atom is -0.309 e. The first-order valence-electron chi connectivity index (χ1n) is 6.20. The standard InChI is InChI=1S/C14H18ClNO/c1-11-10-12-6-2-3-7-13(12)16(11)14(17)8-4-5-9-15/h2-3,6-7,11H,4-5,8-10H2,1H3. The average molecular weight is 252 g/mol. The topological polar surface area (TPSA) is 20.3 Å². The second kappa shape index (κ2) is 5.54. The van der Waals surface area contributed by atoms with E-state index < -0.39 is 0 Å². The highest BCUT2D eigenvalue weighted by Crippen LogP contribution is 2.32. The summed E-state index contributed by atoms with van der Waals surface area (Å²) in [7, 11) is 0. The normalized spacial score (nSPS) is 18.2. The number of benzene rings is 1. The van der Waals surface area contributed by atoms with E-state index in [1.54, 1.807) is 0 Å². The molecule has 0 bridgehead atoms. The molecule has 2 rings (SSSR count). The number of hydrogen-bond acceptors (Lipinski definition) is 1. The fourth-order valence-corrected chi connectivity index (χ4v) is 2.63. The second-order valence-corrected chi connectivity index (χ2v) is 4.97. The zero-order valence-electron chi connectivity index (χ0n) is 10.2. The molecule has 0 saturated carbocycles. The van der Waals surface area contributed by atoms with E-state index in [-0.39, 0.29) is 11.9 Å². The van der Waals surface area contributed by atoms with Crippen LogP contribution in [0, 0.1) is 0 Å². The highest BCUT2D eigenvalue weighted by molar-refractivity contribution is 6.17. The van der Waals surface area contributed by atoms with E-state index in [0.717, 1.165) is 24.9 Å². The lowest BCUT2D eigenvalue weighted by molar-refractivity contribution is -0.119. The summed E-state index contributed by atoms with van der Waals surface area (Å²) < 4.78 is 0. The van der Waals surface area contributed by atoms with E-state index in [1.165, 1.54) is 5.56 Å². The molecule has 0 fully saturated rings. The van der Waals surface area contributed by atoms with Gasteiger partial charge in [0.15, 0.2) is 0 Å². The fraction of sp³-hybridized carbons (Fsp3) is 0.500. The molecule has 3 heteroatoms. The van der Waals surface area contributed by atoms with Gasteiger partial charge in [0.05, 0.1) is 0 Å². The fourth-order valence-electron chi connectivity index (χ4n) is 2.44. The van der Waals surface area contributed by atoms with Crippen molar-refractivity contribution in [3.63, 3.8) is 0 Å². The van der Waals surface area contributed by atoms with Crippen LogP contribution in [0.1, 0.15) is 31.7 Å². The van der Waals surface area contributed by atoms with Gasteiger partial charge in [0.1, 0.15) is 0 Å². The molecule has 1 aromatic carbocycles. The average Bonchev–Trinajstić information content (AvgIpc) is 2.65. The summed E-state index contributed by atoms with van der Waals surface area (Å²) in [5.41, 5.74) is 2.38. The van der Waals surface area contributed by atoms with E-state index in [1.807, 2.05) is 23.1 Å². The van der Waals surface area contributed by atoms with Crippen LogP contribution >= 0.6 is 11.6 Å². The third-order valence-electron chi connectivity index (χ3n) is 3.25. The lowest BCUT2D eigenvalue weighted by atomic mass is 10.1. The van der Waals surface area contributed by atoms with Gasteiger partial charge in [-0.3, -0.25) is 4.79 Å². The molecular weight excluding hydrogens is 234 g/mol.